The Morgan fingerprint density at radius 1 is 1.32 bits per heavy atom. The standard InChI is InChI=1S/C16H20BrNO4/c1-16(2)7-21-13-4-10(11(17)5-14(13)22-8-16)12-3-9(6-18-12)15(19)20/h4-5,9,12,18H,3,6-8H2,1-2H3,(H,19,20). The van der Waals surface area contributed by atoms with Crippen LogP contribution in [0.2, 0.25) is 0 Å². The van der Waals surface area contributed by atoms with E-state index in [0.717, 1.165) is 21.5 Å². The summed E-state index contributed by atoms with van der Waals surface area (Å²) in [5.41, 5.74) is 0.983. The van der Waals surface area contributed by atoms with Gasteiger partial charge in [0.2, 0.25) is 0 Å². The van der Waals surface area contributed by atoms with Crippen molar-refractivity contribution in [3.05, 3.63) is 22.2 Å². The average molecular weight is 370 g/mol. The van der Waals surface area contributed by atoms with Crippen LogP contribution >= 0.6 is 15.9 Å². The normalized spacial score (nSPS) is 26.5. The summed E-state index contributed by atoms with van der Waals surface area (Å²) >= 11 is 3.57. The number of rotatable bonds is 2. The summed E-state index contributed by atoms with van der Waals surface area (Å²) in [6, 6.07) is 3.89. The lowest BCUT2D eigenvalue weighted by Crippen LogP contribution is -2.26. The van der Waals surface area contributed by atoms with Crippen molar-refractivity contribution in [2.45, 2.75) is 26.3 Å². The van der Waals surface area contributed by atoms with Gasteiger partial charge in [-0.3, -0.25) is 4.79 Å². The van der Waals surface area contributed by atoms with E-state index in [1.807, 2.05) is 12.1 Å². The number of halogens is 1. The van der Waals surface area contributed by atoms with Crippen LogP contribution in [0, 0.1) is 11.3 Å². The summed E-state index contributed by atoms with van der Waals surface area (Å²) in [5, 5.41) is 12.4. The van der Waals surface area contributed by atoms with E-state index in [0.29, 0.717) is 26.2 Å². The van der Waals surface area contributed by atoms with E-state index in [1.54, 1.807) is 0 Å². The second-order valence-corrected chi connectivity index (χ2v) is 7.65. The van der Waals surface area contributed by atoms with Crippen molar-refractivity contribution in [3.63, 3.8) is 0 Å². The first kappa shape index (κ1) is 15.6. The third-order valence-electron chi connectivity index (χ3n) is 4.16. The van der Waals surface area contributed by atoms with Gasteiger partial charge >= 0.3 is 5.97 Å². The van der Waals surface area contributed by atoms with Gasteiger partial charge in [0.05, 0.1) is 19.1 Å². The fraction of sp³-hybridized carbons (Fsp3) is 0.562. The van der Waals surface area contributed by atoms with Gasteiger partial charge in [0.1, 0.15) is 0 Å². The Kier molecular flexibility index (Phi) is 4.07. The molecule has 5 nitrogen and oxygen atoms in total. The fourth-order valence-corrected chi connectivity index (χ4v) is 3.39. The zero-order valence-electron chi connectivity index (χ0n) is 12.7. The smallest absolute Gasteiger partial charge is 0.307 e. The first-order valence-electron chi connectivity index (χ1n) is 7.41. The highest BCUT2D eigenvalue weighted by Crippen LogP contribution is 2.41. The maximum absolute atomic E-state index is 11.1. The van der Waals surface area contributed by atoms with Gasteiger partial charge < -0.3 is 19.9 Å². The summed E-state index contributed by atoms with van der Waals surface area (Å²) in [6.07, 6.45) is 0.582. The van der Waals surface area contributed by atoms with E-state index in [4.69, 9.17) is 14.6 Å². The van der Waals surface area contributed by atoms with Gasteiger partial charge in [-0.1, -0.05) is 29.8 Å². The minimum atomic E-state index is -0.748. The Labute approximate surface area is 138 Å². The molecule has 0 bridgehead atoms. The van der Waals surface area contributed by atoms with Crippen molar-refractivity contribution in [2.75, 3.05) is 19.8 Å². The molecule has 6 heteroatoms. The maximum atomic E-state index is 11.1. The molecule has 1 aromatic rings. The summed E-state index contributed by atoms with van der Waals surface area (Å²) in [6.45, 7) is 5.90. The monoisotopic (exact) mass is 369 g/mol. The first-order chi connectivity index (χ1) is 10.4. The molecular weight excluding hydrogens is 350 g/mol. The maximum Gasteiger partial charge on any atom is 0.307 e. The summed E-state index contributed by atoms with van der Waals surface area (Å²) in [5.74, 6) is 0.368. The summed E-state index contributed by atoms with van der Waals surface area (Å²) < 4.78 is 12.7. The predicted molar refractivity (Wildman–Crippen MR) is 85.4 cm³/mol. The van der Waals surface area contributed by atoms with Crippen LogP contribution in [-0.4, -0.2) is 30.8 Å². The number of aliphatic carboxylic acids is 1. The molecule has 22 heavy (non-hydrogen) atoms. The van der Waals surface area contributed by atoms with Crippen molar-refractivity contribution in [3.8, 4) is 11.5 Å². The van der Waals surface area contributed by atoms with Gasteiger partial charge in [0.15, 0.2) is 11.5 Å². The summed E-state index contributed by atoms with van der Waals surface area (Å²) in [7, 11) is 0. The van der Waals surface area contributed by atoms with E-state index in [9.17, 15) is 4.79 Å². The van der Waals surface area contributed by atoms with Gasteiger partial charge in [0.25, 0.3) is 0 Å². The van der Waals surface area contributed by atoms with Crippen LogP contribution in [0.4, 0.5) is 0 Å². The molecule has 0 saturated carbocycles. The third-order valence-corrected chi connectivity index (χ3v) is 4.84. The molecule has 2 heterocycles. The lowest BCUT2D eigenvalue weighted by Gasteiger charge is -2.19. The van der Waals surface area contributed by atoms with E-state index in [-0.39, 0.29) is 17.4 Å². The van der Waals surface area contributed by atoms with Crippen molar-refractivity contribution in [1.82, 2.24) is 5.32 Å². The second kappa shape index (κ2) is 5.74. The first-order valence-corrected chi connectivity index (χ1v) is 8.20. The van der Waals surface area contributed by atoms with Crippen LogP contribution in [0.3, 0.4) is 0 Å². The Bertz CT molecular complexity index is 602. The Morgan fingerprint density at radius 3 is 2.55 bits per heavy atom. The molecule has 2 N–H and O–H groups in total. The molecule has 1 fully saturated rings. The quantitative estimate of drug-likeness (QED) is 0.838. The number of hydrogen-bond acceptors (Lipinski definition) is 4. The van der Waals surface area contributed by atoms with E-state index < -0.39 is 5.97 Å². The second-order valence-electron chi connectivity index (χ2n) is 6.79. The molecule has 120 valence electrons. The van der Waals surface area contributed by atoms with Gasteiger partial charge in [0, 0.05) is 22.5 Å². The molecule has 2 aliphatic heterocycles. The molecule has 0 amide bonds. The van der Waals surface area contributed by atoms with Crippen LogP contribution in [0.25, 0.3) is 0 Å². The van der Waals surface area contributed by atoms with Gasteiger partial charge in [-0.05, 0) is 24.1 Å². The van der Waals surface area contributed by atoms with E-state index in [2.05, 4.69) is 35.1 Å². The van der Waals surface area contributed by atoms with Crippen molar-refractivity contribution in [2.24, 2.45) is 11.3 Å². The fourth-order valence-electron chi connectivity index (χ4n) is 2.79. The van der Waals surface area contributed by atoms with Crippen LogP contribution in [-0.2, 0) is 4.79 Å². The van der Waals surface area contributed by atoms with Crippen molar-refractivity contribution >= 4 is 21.9 Å². The largest absolute Gasteiger partial charge is 0.489 e. The molecule has 3 rings (SSSR count). The number of carboxylic acids is 1. The predicted octanol–water partition coefficient (Wildman–Crippen LogP) is 2.98. The number of carboxylic acid groups (broad SMARTS) is 1. The minimum absolute atomic E-state index is 0.0145. The number of benzene rings is 1. The topological polar surface area (TPSA) is 67.8 Å². The zero-order valence-corrected chi connectivity index (χ0v) is 14.3. The molecule has 2 aliphatic rings. The highest BCUT2D eigenvalue weighted by molar-refractivity contribution is 9.10. The number of ether oxygens (including phenoxy) is 2. The van der Waals surface area contributed by atoms with Crippen LogP contribution < -0.4 is 14.8 Å². The van der Waals surface area contributed by atoms with Gasteiger partial charge in [-0.25, -0.2) is 0 Å². The third kappa shape index (κ3) is 3.08. The lowest BCUT2D eigenvalue weighted by atomic mass is 9.97. The van der Waals surface area contributed by atoms with Crippen LogP contribution in [0.5, 0.6) is 11.5 Å². The van der Waals surface area contributed by atoms with Crippen molar-refractivity contribution in [1.29, 1.82) is 0 Å². The molecule has 0 aromatic heterocycles. The van der Waals surface area contributed by atoms with Crippen LogP contribution in [0.1, 0.15) is 31.9 Å². The molecule has 1 saturated heterocycles. The molecule has 0 radical (unpaired) electrons. The number of fused-ring (bicyclic) bond motifs is 1. The molecule has 0 aliphatic carbocycles. The van der Waals surface area contributed by atoms with E-state index >= 15 is 0 Å². The lowest BCUT2D eigenvalue weighted by molar-refractivity contribution is -0.141. The zero-order chi connectivity index (χ0) is 15.9. The van der Waals surface area contributed by atoms with Gasteiger partial charge in [-0.2, -0.15) is 0 Å². The average Bonchev–Trinajstić information content (AvgIpc) is 2.88. The van der Waals surface area contributed by atoms with Crippen molar-refractivity contribution < 1.29 is 19.4 Å². The van der Waals surface area contributed by atoms with E-state index in [1.165, 1.54) is 0 Å². The molecule has 0 spiro atoms. The Hall–Kier alpha value is -1.27. The van der Waals surface area contributed by atoms with Crippen LogP contribution in [0.15, 0.2) is 16.6 Å². The van der Waals surface area contributed by atoms with Gasteiger partial charge in [-0.15, -0.1) is 0 Å². The number of carbonyl (C=O) groups is 1. The highest BCUT2D eigenvalue weighted by Gasteiger charge is 2.32. The molecule has 2 atom stereocenters. The minimum Gasteiger partial charge on any atom is -0.489 e. The number of nitrogens with one attached hydrogen (secondary N) is 1. The SMILES string of the molecule is CC1(C)COc2cc(Br)c(C3CC(C(=O)O)CN3)cc2OC1. The number of hydrogen-bond donors (Lipinski definition) is 2. The Balaban J connectivity index is 1.86. The molecule has 2 unspecified atom stereocenters. The Morgan fingerprint density at radius 2 is 1.95 bits per heavy atom. The molecular formula is C16H20BrNO4. The highest BCUT2D eigenvalue weighted by atomic mass is 79.9. The molecule has 1 aromatic carbocycles. The summed E-state index contributed by atoms with van der Waals surface area (Å²) in [4.78, 5) is 11.1.